The van der Waals surface area contributed by atoms with Crippen molar-refractivity contribution in [1.82, 2.24) is 4.90 Å². The van der Waals surface area contributed by atoms with Gasteiger partial charge in [-0.1, -0.05) is 0 Å². The Balaban J connectivity index is 0.000000673. The SMILES string of the molecule is CC(C)(C)OC(=O)N1CCC(O)C1.NC=O. The third-order valence-electron chi connectivity index (χ3n) is 1.82. The lowest BCUT2D eigenvalue weighted by Crippen LogP contribution is -2.35. The van der Waals surface area contributed by atoms with E-state index in [0.29, 0.717) is 19.5 Å². The van der Waals surface area contributed by atoms with Crippen molar-refractivity contribution in [2.24, 2.45) is 5.73 Å². The molecule has 3 N–H and O–H groups in total. The lowest BCUT2D eigenvalue weighted by Gasteiger charge is -2.24. The summed E-state index contributed by atoms with van der Waals surface area (Å²) in [5.74, 6) is 0. The van der Waals surface area contributed by atoms with Crippen LogP contribution in [0.4, 0.5) is 4.79 Å². The van der Waals surface area contributed by atoms with Gasteiger partial charge < -0.3 is 20.5 Å². The maximum absolute atomic E-state index is 11.4. The summed E-state index contributed by atoms with van der Waals surface area (Å²) in [6.07, 6.45) is 0.191. The number of ether oxygens (including phenoxy) is 1. The van der Waals surface area contributed by atoms with Crippen LogP contribution in [-0.4, -0.2) is 47.3 Å². The number of likely N-dealkylation sites (tertiary alicyclic amines) is 1. The molecule has 0 aromatic heterocycles. The molecular formula is C10H20N2O4. The molecule has 1 rings (SSSR count). The van der Waals surface area contributed by atoms with Gasteiger partial charge in [-0.25, -0.2) is 4.79 Å². The Kier molecular flexibility index (Phi) is 5.81. The van der Waals surface area contributed by atoms with Crippen molar-refractivity contribution < 1.29 is 19.4 Å². The molecule has 0 aromatic carbocycles. The fourth-order valence-electron chi connectivity index (χ4n) is 1.23. The van der Waals surface area contributed by atoms with Crippen molar-refractivity contribution in [3.05, 3.63) is 0 Å². The molecule has 1 aliphatic rings. The quantitative estimate of drug-likeness (QED) is 0.579. The van der Waals surface area contributed by atoms with Crippen LogP contribution in [0.25, 0.3) is 0 Å². The van der Waals surface area contributed by atoms with Gasteiger partial charge in [-0.2, -0.15) is 0 Å². The molecule has 0 aromatic rings. The first-order chi connectivity index (χ1) is 7.30. The van der Waals surface area contributed by atoms with Crippen molar-refractivity contribution >= 4 is 12.5 Å². The molecular weight excluding hydrogens is 212 g/mol. The summed E-state index contributed by atoms with van der Waals surface area (Å²) in [7, 11) is 0. The van der Waals surface area contributed by atoms with E-state index in [9.17, 15) is 9.90 Å². The standard InChI is InChI=1S/C9H17NO3.CH3NO/c1-9(2,3)13-8(12)10-5-4-7(11)6-10;2-1-3/h7,11H,4-6H2,1-3H3;1H,(H2,2,3). The van der Waals surface area contributed by atoms with Crippen molar-refractivity contribution in [3.8, 4) is 0 Å². The van der Waals surface area contributed by atoms with Gasteiger partial charge in [0.15, 0.2) is 0 Å². The van der Waals surface area contributed by atoms with Crippen molar-refractivity contribution in [2.45, 2.75) is 38.9 Å². The van der Waals surface area contributed by atoms with Crippen LogP contribution in [0.3, 0.4) is 0 Å². The second-order valence-corrected chi connectivity index (χ2v) is 4.50. The number of aliphatic hydroxyl groups is 1. The summed E-state index contributed by atoms with van der Waals surface area (Å²) >= 11 is 0. The molecule has 2 amide bonds. The van der Waals surface area contributed by atoms with E-state index in [0.717, 1.165) is 0 Å². The van der Waals surface area contributed by atoms with Crippen molar-refractivity contribution in [1.29, 1.82) is 0 Å². The highest BCUT2D eigenvalue weighted by Crippen LogP contribution is 2.14. The Hall–Kier alpha value is -1.30. The van der Waals surface area contributed by atoms with Crippen molar-refractivity contribution in [2.75, 3.05) is 13.1 Å². The minimum atomic E-state index is -0.454. The van der Waals surface area contributed by atoms with Gasteiger partial charge in [0.2, 0.25) is 6.41 Å². The fraction of sp³-hybridized carbons (Fsp3) is 0.800. The number of rotatable bonds is 0. The van der Waals surface area contributed by atoms with E-state index in [-0.39, 0.29) is 18.6 Å². The van der Waals surface area contributed by atoms with E-state index in [1.54, 1.807) is 0 Å². The van der Waals surface area contributed by atoms with E-state index in [1.807, 2.05) is 20.8 Å². The molecule has 6 nitrogen and oxygen atoms in total. The van der Waals surface area contributed by atoms with Gasteiger partial charge in [-0.15, -0.1) is 0 Å². The highest BCUT2D eigenvalue weighted by Gasteiger charge is 2.28. The zero-order valence-electron chi connectivity index (χ0n) is 9.97. The van der Waals surface area contributed by atoms with Crippen LogP contribution < -0.4 is 5.73 Å². The predicted molar refractivity (Wildman–Crippen MR) is 58.7 cm³/mol. The average molecular weight is 232 g/mol. The molecule has 6 heteroatoms. The number of carbonyl (C=O) groups excluding carboxylic acids is 2. The molecule has 0 aliphatic carbocycles. The maximum atomic E-state index is 11.4. The van der Waals surface area contributed by atoms with Gasteiger partial charge in [-0.3, -0.25) is 4.79 Å². The molecule has 1 aliphatic heterocycles. The van der Waals surface area contributed by atoms with Crippen molar-refractivity contribution in [3.63, 3.8) is 0 Å². The van der Waals surface area contributed by atoms with Gasteiger partial charge in [0, 0.05) is 13.1 Å². The predicted octanol–water partition coefficient (Wildman–Crippen LogP) is 0.0896. The van der Waals surface area contributed by atoms with Crippen LogP contribution in [0.1, 0.15) is 27.2 Å². The molecule has 1 saturated heterocycles. The second-order valence-electron chi connectivity index (χ2n) is 4.50. The first kappa shape index (κ1) is 14.7. The van der Waals surface area contributed by atoms with E-state index in [4.69, 9.17) is 9.53 Å². The van der Waals surface area contributed by atoms with E-state index < -0.39 is 5.60 Å². The number of hydrogen-bond acceptors (Lipinski definition) is 4. The minimum absolute atomic E-state index is 0.250. The number of β-amino-alcohol motifs (C(OH)–C–C–N with tert-alkyl or cyclic N) is 1. The summed E-state index contributed by atoms with van der Waals surface area (Å²) in [4.78, 5) is 21.5. The molecule has 1 atom stereocenters. The maximum Gasteiger partial charge on any atom is 0.410 e. The van der Waals surface area contributed by atoms with Gasteiger partial charge in [0.05, 0.1) is 6.10 Å². The Bertz CT molecular complexity index is 237. The smallest absolute Gasteiger partial charge is 0.410 e. The van der Waals surface area contributed by atoms with E-state index in [2.05, 4.69) is 5.73 Å². The minimum Gasteiger partial charge on any atom is -0.444 e. The Morgan fingerprint density at radius 2 is 2.06 bits per heavy atom. The lowest BCUT2D eigenvalue weighted by molar-refractivity contribution is -0.106. The molecule has 1 heterocycles. The van der Waals surface area contributed by atoms with Crippen LogP contribution >= 0.6 is 0 Å². The number of primary amides is 1. The summed E-state index contributed by atoms with van der Waals surface area (Å²) in [6.45, 7) is 6.48. The summed E-state index contributed by atoms with van der Waals surface area (Å²) in [5.41, 5.74) is 3.71. The molecule has 16 heavy (non-hydrogen) atoms. The third kappa shape index (κ3) is 6.23. The first-order valence-corrected chi connectivity index (χ1v) is 5.11. The van der Waals surface area contributed by atoms with Crippen LogP contribution in [0.15, 0.2) is 0 Å². The van der Waals surface area contributed by atoms with Gasteiger partial charge in [0.25, 0.3) is 0 Å². The number of amides is 2. The van der Waals surface area contributed by atoms with Gasteiger partial charge in [0.1, 0.15) is 5.60 Å². The number of nitrogens with zero attached hydrogens (tertiary/aromatic N) is 1. The molecule has 0 radical (unpaired) electrons. The molecule has 1 unspecified atom stereocenters. The van der Waals surface area contributed by atoms with Gasteiger partial charge in [-0.05, 0) is 27.2 Å². The number of nitrogens with two attached hydrogens (primary N) is 1. The molecule has 1 fully saturated rings. The summed E-state index contributed by atoms with van der Waals surface area (Å²) < 4.78 is 5.15. The highest BCUT2D eigenvalue weighted by molar-refractivity contribution is 5.68. The van der Waals surface area contributed by atoms with E-state index >= 15 is 0 Å². The second kappa shape index (κ2) is 6.32. The molecule has 0 bridgehead atoms. The van der Waals surface area contributed by atoms with Gasteiger partial charge >= 0.3 is 6.09 Å². The number of hydrogen-bond donors (Lipinski definition) is 2. The zero-order valence-corrected chi connectivity index (χ0v) is 9.97. The topological polar surface area (TPSA) is 92.9 Å². The zero-order chi connectivity index (χ0) is 12.8. The van der Waals surface area contributed by atoms with Crippen LogP contribution in [-0.2, 0) is 9.53 Å². The highest BCUT2D eigenvalue weighted by atomic mass is 16.6. The normalized spacial score (nSPS) is 19.8. The molecule has 0 saturated carbocycles. The van der Waals surface area contributed by atoms with Crippen LogP contribution in [0, 0.1) is 0 Å². The third-order valence-corrected chi connectivity index (χ3v) is 1.82. The Morgan fingerprint density at radius 1 is 1.56 bits per heavy atom. The molecule has 94 valence electrons. The lowest BCUT2D eigenvalue weighted by atomic mass is 10.2. The Labute approximate surface area is 95.4 Å². The molecule has 0 spiro atoms. The monoisotopic (exact) mass is 232 g/mol. The number of carbonyl (C=O) groups is 2. The first-order valence-electron chi connectivity index (χ1n) is 5.11. The Morgan fingerprint density at radius 3 is 2.38 bits per heavy atom. The average Bonchev–Trinajstić information content (AvgIpc) is 2.50. The van der Waals surface area contributed by atoms with Crippen LogP contribution in [0.2, 0.25) is 0 Å². The van der Waals surface area contributed by atoms with Crippen LogP contribution in [0.5, 0.6) is 0 Å². The summed E-state index contributed by atoms with van der Waals surface area (Å²) in [5, 5.41) is 9.20. The number of aliphatic hydroxyl groups excluding tert-OH is 1. The fourth-order valence-corrected chi connectivity index (χ4v) is 1.23. The summed E-state index contributed by atoms with van der Waals surface area (Å²) in [6, 6.07) is 0. The van der Waals surface area contributed by atoms with E-state index in [1.165, 1.54) is 4.90 Å². The largest absolute Gasteiger partial charge is 0.444 e.